The number of carbonyl (C=O) groups excluding carboxylic acids is 2. The SMILES string of the molecule is CC[C@H](C)NC(=O)[C@@H](C)N(Cc1ccccc1F)C(=O)CN(c1ccc(F)cc1)S(C)(=O)=O. The lowest BCUT2D eigenvalue weighted by Crippen LogP contribution is -2.52. The Balaban J connectivity index is 2.39. The molecule has 2 rings (SSSR count). The Bertz CT molecular complexity index is 1080. The van der Waals surface area contributed by atoms with Crippen LogP contribution in [0.3, 0.4) is 0 Å². The maximum atomic E-state index is 14.3. The Morgan fingerprint density at radius 3 is 2.18 bits per heavy atom. The molecule has 0 aliphatic heterocycles. The van der Waals surface area contributed by atoms with Gasteiger partial charge in [-0.3, -0.25) is 13.9 Å². The molecule has 0 aliphatic rings. The molecule has 0 unspecified atom stereocenters. The second-order valence-corrected chi connectivity index (χ2v) is 9.76. The fourth-order valence-electron chi connectivity index (χ4n) is 3.08. The van der Waals surface area contributed by atoms with Gasteiger partial charge in [0.25, 0.3) is 0 Å². The number of nitrogens with zero attached hydrogens (tertiary/aromatic N) is 2. The molecule has 2 aromatic rings. The molecule has 0 saturated heterocycles. The van der Waals surface area contributed by atoms with Crippen molar-refractivity contribution in [3.05, 3.63) is 65.7 Å². The van der Waals surface area contributed by atoms with Crippen LogP contribution in [0.4, 0.5) is 14.5 Å². The summed E-state index contributed by atoms with van der Waals surface area (Å²) in [7, 11) is -3.92. The van der Waals surface area contributed by atoms with Crippen LogP contribution in [0.15, 0.2) is 48.5 Å². The number of anilines is 1. The number of carbonyl (C=O) groups is 2. The first-order chi connectivity index (χ1) is 15.4. The molecule has 33 heavy (non-hydrogen) atoms. The lowest BCUT2D eigenvalue weighted by atomic mass is 10.1. The summed E-state index contributed by atoms with van der Waals surface area (Å²) in [4.78, 5) is 27.2. The predicted octanol–water partition coefficient (Wildman–Crippen LogP) is 3.06. The number of hydrogen-bond acceptors (Lipinski definition) is 4. The zero-order chi connectivity index (χ0) is 24.8. The van der Waals surface area contributed by atoms with Gasteiger partial charge in [-0.05, 0) is 50.6 Å². The van der Waals surface area contributed by atoms with Gasteiger partial charge in [-0.25, -0.2) is 17.2 Å². The highest BCUT2D eigenvalue weighted by atomic mass is 32.2. The molecule has 180 valence electrons. The lowest BCUT2D eigenvalue weighted by Gasteiger charge is -2.32. The van der Waals surface area contributed by atoms with Crippen molar-refractivity contribution in [2.75, 3.05) is 17.1 Å². The summed E-state index contributed by atoms with van der Waals surface area (Å²) < 4.78 is 53.3. The largest absolute Gasteiger partial charge is 0.352 e. The van der Waals surface area contributed by atoms with E-state index in [1.54, 1.807) is 6.07 Å². The normalized spacial score (nSPS) is 13.2. The Kier molecular flexibility index (Phi) is 8.92. The van der Waals surface area contributed by atoms with E-state index in [9.17, 15) is 26.8 Å². The van der Waals surface area contributed by atoms with Crippen molar-refractivity contribution in [2.24, 2.45) is 0 Å². The molecule has 0 fully saturated rings. The van der Waals surface area contributed by atoms with Crippen LogP contribution in [0.2, 0.25) is 0 Å². The first-order valence-electron chi connectivity index (χ1n) is 10.5. The Labute approximate surface area is 193 Å². The molecule has 10 heteroatoms. The molecule has 2 amide bonds. The van der Waals surface area contributed by atoms with Crippen molar-refractivity contribution in [2.45, 2.75) is 45.8 Å². The third kappa shape index (κ3) is 7.24. The molecule has 0 heterocycles. The monoisotopic (exact) mass is 481 g/mol. The van der Waals surface area contributed by atoms with Gasteiger partial charge in [-0.1, -0.05) is 25.1 Å². The highest BCUT2D eigenvalue weighted by Crippen LogP contribution is 2.20. The van der Waals surface area contributed by atoms with Crippen LogP contribution in [0.25, 0.3) is 0 Å². The Morgan fingerprint density at radius 2 is 1.64 bits per heavy atom. The van der Waals surface area contributed by atoms with Crippen LogP contribution in [-0.4, -0.2) is 50.0 Å². The van der Waals surface area contributed by atoms with Crippen molar-refractivity contribution in [1.82, 2.24) is 10.2 Å². The van der Waals surface area contributed by atoms with Crippen molar-refractivity contribution in [3.8, 4) is 0 Å². The van der Waals surface area contributed by atoms with E-state index in [0.717, 1.165) is 27.6 Å². The van der Waals surface area contributed by atoms with Crippen molar-refractivity contribution >= 4 is 27.5 Å². The van der Waals surface area contributed by atoms with Crippen molar-refractivity contribution < 1.29 is 26.8 Å². The van der Waals surface area contributed by atoms with E-state index in [1.807, 2.05) is 13.8 Å². The minimum Gasteiger partial charge on any atom is -0.352 e. The minimum absolute atomic E-state index is 0.0924. The summed E-state index contributed by atoms with van der Waals surface area (Å²) in [6.45, 7) is 4.33. The van der Waals surface area contributed by atoms with E-state index >= 15 is 0 Å². The second kappa shape index (κ2) is 11.2. The zero-order valence-corrected chi connectivity index (χ0v) is 19.9. The first-order valence-corrected chi connectivity index (χ1v) is 12.3. The van der Waals surface area contributed by atoms with Crippen LogP contribution < -0.4 is 9.62 Å². The summed E-state index contributed by atoms with van der Waals surface area (Å²) in [5, 5.41) is 2.79. The number of nitrogens with one attached hydrogen (secondary N) is 1. The number of rotatable bonds is 10. The van der Waals surface area contributed by atoms with Crippen LogP contribution in [0.1, 0.15) is 32.8 Å². The molecule has 7 nitrogen and oxygen atoms in total. The van der Waals surface area contributed by atoms with E-state index in [1.165, 1.54) is 37.3 Å². The number of benzene rings is 2. The standard InChI is InChI=1S/C23H29F2N3O4S/c1-5-16(2)26-23(30)17(3)27(14-18-8-6-7-9-21(18)25)22(29)15-28(33(4,31)32)20-12-10-19(24)11-13-20/h6-13,16-17H,5,14-15H2,1-4H3,(H,26,30)/t16-,17+/m0/s1. The topological polar surface area (TPSA) is 86.8 Å². The number of halogens is 2. The molecule has 0 bridgehead atoms. The van der Waals surface area contributed by atoms with Crippen LogP contribution in [0.5, 0.6) is 0 Å². The molecule has 0 saturated carbocycles. The van der Waals surface area contributed by atoms with Gasteiger partial charge in [0.1, 0.15) is 24.2 Å². The summed E-state index contributed by atoms with van der Waals surface area (Å²) in [5.41, 5.74) is 0.275. The average molecular weight is 482 g/mol. The lowest BCUT2D eigenvalue weighted by molar-refractivity contribution is -0.139. The van der Waals surface area contributed by atoms with Gasteiger partial charge in [0.2, 0.25) is 21.8 Å². The highest BCUT2D eigenvalue weighted by Gasteiger charge is 2.30. The van der Waals surface area contributed by atoms with Gasteiger partial charge in [-0.15, -0.1) is 0 Å². The number of hydrogen-bond donors (Lipinski definition) is 1. The van der Waals surface area contributed by atoms with Crippen LogP contribution >= 0.6 is 0 Å². The summed E-state index contributed by atoms with van der Waals surface area (Å²) in [5.74, 6) is -2.26. The smallest absolute Gasteiger partial charge is 0.244 e. The van der Waals surface area contributed by atoms with Gasteiger partial charge in [0.05, 0.1) is 11.9 Å². The Morgan fingerprint density at radius 1 is 1.03 bits per heavy atom. The zero-order valence-electron chi connectivity index (χ0n) is 19.1. The quantitative estimate of drug-likeness (QED) is 0.565. The highest BCUT2D eigenvalue weighted by molar-refractivity contribution is 7.92. The molecule has 0 aliphatic carbocycles. The molecule has 2 aromatic carbocycles. The van der Waals surface area contributed by atoms with Gasteiger partial charge in [-0.2, -0.15) is 0 Å². The molecule has 2 atom stereocenters. The molecule has 0 aromatic heterocycles. The minimum atomic E-state index is -3.92. The van der Waals surface area contributed by atoms with Crippen molar-refractivity contribution in [1.29, 1.82) is 0 Å². The number of sulfonamides is 1. The molecule has 0 spiro atoms. The third-order valence-electron chi connectivity index (χ3n) is 5.26. The van der Waals surface area contributed by atoms with E-state index < -0.39 is 46.1 Å². The predicted molar refractivity (Wildman–Crippen MR) is 123 cm³/mol. The fourth-order valence-corrected chi connectivity index (χ4v) is 3.93. The van der Waals surface area contributed by atoms with Crippen molar-refractivity contribution in [3.63, 3.8) is 0 Å². The fraction of sp³-hybridized carbons (Fsp3) is 0.391. The Hall–Kier alpha value is -3.01. The molecule has 0 radical (unpaired) electrons. The van der Waals surface area contributed by atoms with Gasteiger partial charge < -0.3 is 10.2 Å². The summed E-state index contributed by atoms with van der Waals surface area (Å²) in [6, 6.07) is 9.34. The summed E-state index contributed by atoms with van der Waals surface area (Å²) in [6.07, 6.45) is 1.59. The van der Waals surface area contributed by atoms with Gasteiger partial charge in [0, 0.05) is 18.2 Å². The first kappa shape index (κ1) is 26.2. The van der Waals surface area contributed by atoms with E-state index in [0.29, 0.717) is 6.42 Å². The van der Waals surface area contributed by atoms with Crippen LogP contribution in [0, 0.1) is 11.6 Å². The number of amides is 2. The van der Waals surface area contributed by atoms with Gasteiger partial charge >= 0.3 is 0 Å². The second-order valence-electron chi connectivity index (χ2n) is 7.85. The average Bonchev–Trinajstić information content (AvgIpc) is 2.76. The molecular formula is C23H29F2N3O4S. The maximum absolute atomic E-state index is 14.3. The van der Waals surface area contributed by atoms with Gasteiger partial charge in [0.15, 0.2) is 0 Å². The van der Waals surface area contributed by atoms with E-state index in [4.69, 9.17) is 0 Å². The third-order valence-corrected chi connectivity index (χ3v) is 6.40. The van der Waals surface area contributed by atoms with Crippen LogP contribution in [-0.2, 0) is 26.2 Å². The molecular weight excluding hydrogens is 452 g/mol. The summed E-state index contributed by atoms with van der Waals surface area (Å²) >= 11 is 0. The maximum Gasteiger partial charge on any atom is 0.244 e. The van der Waals surface area contributed by atoms with E-state index in [-0.39, 0.29) is 23.8 Å². The molecule has 1 N–H and O–H groups in total. The van der Waals surface area contributed by atoms with E-state index in [2.05, 4.69) is 5.32 Å².